The molecule has 1 aromatic carbocycles. The predicted octanol–water partition coefficient (Wildman–Crippen LogP) is 3.48. The molecular formula is C18H22N2O2S2. The van der Waals surface area contributed by atoms with E-state index in [2.05, 4.69) is 15.7 Å². The molecule has 1 N–H and O–H groups in total. The van der Waals surface area contributed by atoms with Gasteiger partial charge in [0.1, 0.15) is 0 Å². The lowest BCUT2D eigenvalue weighted by Gasteiger charge is -2.26. The maximum Gasteiger partial charge on any atom is 0.233 e. The minimum atomic E-state index is -3.45. The Balaban J connectivity index is 1.66. The molecule has 0 radical (unpaired) electrons. The fourth-order valence-corrected chi connectivity index (χ4v) is 4.60. The van der Waals surface area contributed by atoms with Gasteiger partial charge in [-0.05, 0) is 49.0 Å². The molecule has 0 aliphatic carbocycles. The molecule has 1 unspecified atom stereocenters. The normalized spacial score (nSPS) is 17.5. The van der Waals surface area contributed by atoms with E-state index in [0.717, 1.165) is 18.7 Å². The molecule has 1 fully saturated rings. The number of nitrogens with one attached hydrogen (secondary N) is 1. The van der Waals surface area contributed by atoms with Crippen molar-refractivity contribution in [3.63, 3.8) is 0 Å². The van der Waals surface area contributed by atoms with Crippen LogP contribution in [0.4, 0.5) is 0 Å². The number of sulfonamides is 1. The first-order chi connectivity index (χ1) is 11.6. The zero-order valence-corrected chi connectivity index (χ0v) is 15.1. The average molecular weight is 363 g/mol. The second-order valence-corrected chi connectivity index (χ2v) is 8.51. The van der Waals surface area contributed by atoms with Gasteiger partial charge in [0.15, 0.2) is 0 Å². The van der Waals surface area contributed by atoms with E-state index < -0.39 is 10.0 Å². The van der Waals surface area contributed by atoms with Gasteiger partial charge in [0.2, 0.25) is 10.0 Å². The van der Waals surface area contributed by atoms with E-state index in [9.17, 15) is 8.42 Å². The molecule has 0 saturated carbocycles. The number of nitrogens with zero attached hydrogens (tertiary/aromatic N) is 1. The molecule has 2 heterocycles. The molecule has 24 heavy (non-hydrogen) atoms. The van der Waals surface area contributed by atoms with Crippen molar-refractivity contribution < 1.29 is 8.42 Å². The second-order valence-electron chi connectivity index (χ2n) is 5.88. The minimum absolute atomic E-state index is 0.118. The third kappa shape index (κ3) is 4.77. The highest BCUT2D eigenvalue weighted by atomic mass is 32.2. The van der Waals surface area contributed by atoms with Gasteiger partial charge >= 0.3 is 0 Å². The van der Waals surface area contributed by atoms with E-state index >= 15 is 0 Å². The van der Waals surface area contributed by atoms with Gasteiger partial charge in [-0.2, -0.15) is 0 Å². The Kier molecular flexibility index (Phi) is 5.84. The van der Waals surface area contributed by atoms with Crippen molar-refractivity contribution in [2.75, 3.05) is 19.6 Å². The van der Waals surface area contributed by atoms with Crippen LogP contribution in [0.1, 0.15) is 29.3 Å². The van der Waals surface area contributed by atoms with E-state index in [1.165, 1.54) is 23.1 Å². The number of thiophene rings is 1. The molecule has 0 bridgehead atoms. The van der Waals surface area contributed by atoms with E-state index in [-0.39, 0.29) is 6.04 Å². The highest BCUT2D eigenvalue weighted by molar-refractivity contribution is 7.92. The lowest BCUT2D eigenvalue weighted by atomic mass is 10.2. The SMILES string of the molecule is O=S(=O)(C=Cc1ccccc1)NCC(c1cccs1)N1CCCC1. The first-order valence-electron chi connectivity index (χ1n) is 8.14. The monoisotopic (exact) mass is 362 g/mol. The van der Waals surface area contributed by atoms with Crippen LogP contribution in [0.3, 0.4) is 0 Å². The van der Waals surface area contributed by atoms with E-state index in [1.807, 2.05) is 41.8 Å². The quantitative estimate of drug-likeness (QED) is 0.820. The smallest absolute Gasteiger partial charge is 0.233 e. The molecule has 0 spiro atoms. The van der Waals surface area contributed by atoms with Crippen molar-refractivity contribution in [1.82, 2.24) is 9.62 Å². The van der Waals surface area contributed by atoms with Gasteiger partial charge in [-0.25, -0.2) is 13.1 Å². The Hall–Kier alpha value is -1.47. The van der Waals surface area contributed by atoms with Gasteiger partial charge in [-0.1, -0.05) is 36.4 Å². The number of hydrogen-bond acceptors (Lipinski definition) is 4. The molecule has 0 amide bonds. The second kappa shape index (κ2) is 8.07. The maximum absolute atomic E-state index is 12.3. The van der Waals surface area contributed by atoms with Crippen molar-refractivity contribution in [3.05, 3.63) is 63.7 Å². The van der Waals surface area contributed by atoms with Gasteiger partial charge in [-0.3, -0.25) is 4.90 Å². The summed E-state index contributed by atoms with van der Waals surface area (Å²) >= 11 is 1.68. The first-order valence-corrected chi connectivity index (χ1v) is 10.6. The van der Waals surface area contributed by atoms with E-state index in [4.69, 9.17) is 0 Å². The van der Waals surface area contributed by atoms with Crippen LogP contribution in [0, 0.1) is 0 Å². The Morgan fingerprint density at radius 3 is 2.54 bits per heavy atom. The van der Waals surface area contributed by atoms with Crippen LogP contribution in [0.2, 0.25) is 0 Å². The van der Waals surface area contributed by atoms with Crippen LogP contribution in [0.25, 0.3) is 6.08 Å². The van der Waals surface area contributed by atoms with Crippen molar-refractivity contribution in [3.8, 4) is 0 Å². The van der Waals surface area contributed by atoms with Crippen molar-refractivity contribution in [2.45, 2.75) is 18.9 Å². The lowest BCUT2D eigenvalue weighted by Crippen LogP contribution is -2.35. The molecule has 6 heteroatoms. The third-order valence-corrected chi connectivity index (χ3v) is 6.21. The molecule has 1 aliphatic heterocycles. The molecule has 128 valence electrons. The first kappa shape index (κ1) is 17.4. The van der Waals surface area contributed by atoms with Gasteiger partial charge in [-0.15, -0.1) is 11.3 Å². The Bertz CT molecular complexity index is 750. The molecule has 1 atom stereocenters. The highest BCUT2D eigenvalue weighted by Gasteiger charge is 2.25. The van der Waals surface area contributed by atoms with Crippen LogP contribution in [0.5, 0.6) is 0 Å². The maximum atomic E-state index is 12.3. The zero-order valence-electron chi connectivity index (χ0n) is 13.5. The van der Waals surface area contributed by atoms with Crippen LogP contribution in [0.15, 0.2) is 53.3 Å². The summed E-state index contributed by atoms with van der Waals surface area (Å²) in [5.74, 6) is 0. The van der Waals surface area contributed by atoms with Crippen molar-refractivity contribution in [2.24, 2.45) is 0 Å². The molecule has 3 rings (SSSR count). The lowest BCUT2D eigenvalue weighted by molar-refractivity contribution is 0.250. The standard InChI is InChI=1S/C18H22N2O2S2/c21-24(22,14-10-16-7-2-1-3-8-16)19-15-17(18-9-6-13-23-18)20-11-4-5-12-20/h1-3,6-10,13-14,17,19H,4-5,11-12,15H2. The molecule has 2 aromatic rings. The number of hydrogen-bond donors (Lipinski definition) is 1. The molecule has 1 saturated heterocycles. The summed E-state index contributed by atoms with van der Waals surface area (Å²) in [7, 11) is -3.45. The Morgan fingerprint density at radius 2 is 1.88 bits per heavy atom. The summed E-state index contributed by atoms with van der Waals surface area (Å²) in [5.41, 5.74) is 0.872. The van der Waals surface area contributed by atoms with Crippen LogP contribution < -0.4 is 4.72 Å². The van der Waals surface area contributed by atoms with E-state index in [0.29, 0.717) is 6.54 Å². The summed E-state index contributed by atoms with van der Waals surface area (Å²) in [5, 5.41) is 3.29. The number of benzene rings is 1. The summed E-state index contributed by atoms with van der Waals surface area (Å²) in [6.45, 7) is 2.47. The highest BCUT2D eigenvalue weighted by Crippen LogP contribution is 2.28. The van der Waals surface area contributed by atoms with E-state index in [1.54, 1.807) is 17.4 Å². The fraction of sp³-hybridized carbons (Fsp3) is 0.333. The molecule has 1 aromatic heterocycles. The predicted molar refractivity (Wildman–Crippen MR) is 100 cm³/mol. The number of rotatable bonds is 7. The summed E-state index contributed by atoms with van der Waals surface area (Å²) in [4.78, 5) is 3.58. The Labute approximate surface area is 147 Å². The van der Waals surface area contributed by atoms with Crippen LogP contribution in [-0.2, 0) is 10.0 Å². The molecular weight excluding hydrogens is 340 g/mol. The van der Waals surface area contributed by atoms with Gasteiger partial charge in [0.25, 0.3) is 0 Å². The Morgan fingerprint density at radius 1 is 1.12 bits per heavy atom. The van der Waals surface area contributed by atoms with Gasteiger partial charge < -0.3 is 0 Å². The minimum Gasteiger partial charge on any atom is -0.294 e. The summed E-state index contributed by atoms with van der Waals surface area (Å²) in [6.07, 6.45) is 3.99. The van der Waals surface area contributed by atoms with Gasteiger partial charge in [0, 0.05) is 16.8 Å². The summed E-state index contributed by atoms with van der Waals surface area (Å²) in [6, 6.07) is 13.7. The topological polar surface area (TPSA) is 49.4 Å². The van der Waals surface area contributed by atoms with Crippen LogP contribution >= 0.6 is 11.3 Å². The van der Waals surface area contributed by atoms with Crippen molar-refractivity contribution in [1.29, 1.82) is 0 Å². The average Bonchev–Trinajstić information content (AvgIpc) is 3.28. The summed E-state index contributed by atoms with van der Waals surface area (Å²) < 4.78 is 27.3. The third-order valence-electron chi connectivity index (χ3n) is 4.17. The largest absolute Gasteiger partial charge is 0.294 e. The van der Waals surface area contributed by atoms with Crippen molar-refractivity contribution >= 4 is 27.4 Å². The fourth-order valence-electron chi connectivity index (χ4n) is 2.92. The zero-order chi connectivity index (χ0) is 16.8. The van der Waals surface area contributed by atoms with Gasteiger partial charge in [0.05, 0.1) is 6.04 Å². The van der Waals surface area contributed by atoms with Crippen LogP contribution in [-0.4, -0.2) is 33.0 Å². The number of likely N-dealkylation sites (tertiary alicyclic amines) is 1. The molecule has 4 nitrogen and oxygen atoms in total. The molecule has 1 aliphatic rings.